The average molecular weight is 232 g/mol. The molecule has 0 aliphatic heterocycles. The molecule has 1 aromatic heterocycles. The van der Waals surface area contributed by atoms with Gasteiger partial charge in [0.2, 0.25) is 0 Å². The van der Waals surface area contributed by atoms with Crippen LogP contribution in [-0.2, 0) is 12.1 Å². The van der Waals surface area contributed by atoms with Crippen molar-refractivity contribution in [1.29, 1.82) is 0 Å². The number of rotatable bonds is 5. The molecule has 0 aliphatic rings. The van der Waals surface area contributed by atoms with Crippen LogP contribution in [0.5, 0.6) is 0 Å². The number of nitrogens with two attached hydrogens (primary N) is 1. The van der Waals surface area contributed by atoms with Crippen LogP contribution in [0.4, 0.5) is 0 Å². The van der Waals surface area contributed by atoms with E-state index in [4.69, 9.17) is 17.3 Å². The fourth-order valence-electron chi connectivity index (χ4n) is 1.68. The van der Waals surface area contributed by atoms with Gasteiger partial charge in [-0.2, -0.15) is 5.10 Å². The second kappa shape index (κ2) is 4.96. The number of hydrogen-bond donors (Lipinski definition) is 2. The molecule has 1 aromatic rings. The summed E-state index contributed by atoms with van der Waals surface area (Å²) in [5.41, 5.74) is 5.12. The predicted octanol–water partition coefficient (Wildman–Crippen LogP) is 1.50. The Balaban J connectivity index is 3.04. The van der Waals surface area contributed by atoms with Gasteiger partial charge >= 0.3 is 0 Å². The summed E-state index contributed by atoms with van der Waals surface area (Å²) >= 11 is 6.02. The van der Waals surface area contributed by atoms with Gasteiger partial charge in [-0.3, -0.25) is 4.68 Å². The molecular formula is C10H18ClN3O. The van der Waals surface area contributed by atoms with Crippen LogP contribution in [0, 0.1) is 0 Å². The van der Waals surface area contributed by atoms with Gasteiger partial charge in [-0.25, -0.2) is 0 Å². The largest absolute Gasteiger partial charge is 0.384 e. The summed E-state index contributed by atoms with van der Waals surface area (Å²) in [5, 5.41) is 14.9. The van der Waals surface area contributed by atoms with Gasteiger partial charge in [-0.15, -0.1) is 0 Å². The van der Waals surface area contributed by atoms with E-state index in [-0.39, 0.29) is 0 Å². The maximum absolute atomic E-state index is 10.2. The third-order valence-electron chi connectivity index (χ3n) is 2.37. The Kier molecular flexibility index (Phi) is 4.13. The van der Waals surface area contributed by atoms with Crippen LogP contribution < -0.4 is 5.73 Å². The maximum atomic E-state index is 10.2. The summed E-state index contributed by atoms with van der Waals surface area (Å²) in [6, 6.07) is 0. The van der Waals surface area contributed by atoms with Crippen LogP contribution in [0.2, 0.25) is 5.02 Å². The molecule has 0 radical (unpaired) electrons. The van der Waals surface area contributed by atoms with Crippen LogP contribution in [-0.4, -0.2) is 21.4 Å². The summed E-state index contributed by atoms with van der Waals surface area (Å²) in [7, 11) is 0. The molecule has 1 heterocycles. The Morgan fingerprint density at radius 2 is 2.33 bits per heavy atom. The Morgan fingerprint density at radius 3 is 2.87 bits per heavy atom. The second-order valence-electron chi connectivity index (χ2n) is 3.88. The van der Waals surface area contributed by atoms with Gasteiger partial charge < -0.3 is 10.8 Å². The molecule has 0 saturated heterocycles. The molecule has 0 fully saturated rings. The summed E-state index contributed by atoms with van der Waals surface area (Å²) in [5.74, 6) is 0. The fraction of sp³-hybridized carbons (Fsp3) is 0.700. The molecule has 0 amide bonds. The lowest BCUT2D eigenvalue weighted by molar-refractivity contribution is 0.0409. The molecular weight excluding hydrogens is 214 g/mol. The Hall–Kier alpha value is -0.580. The minimum absolute atomic E-state index is 0.417. The van der Waals surface area contributed by atoms with Gasteiger partial charge in [0, 0.05) is 6.54 Å². The van der Waals surface area contributed by atoms with Crippen molar-refractivity contribution in [2.45, 2.75) is 38.8 Å². The van der Waals surface area contributed by atoms with Crippen molar-refractivity contribution in [2.75, 3.05) is 6.54 Å². The van der Waals surface area contributed by atoms with E-state index in [1.54, 1.807) is 17.8 Å². The molecule has 3 N–H and O–H groups in total. The standard InChI is InChI=1S/C10H18ClN3O/c1-3-6-14-9(8(11)7-13-14)10(2,15)4-5-12/h7,15H,3-6,12H2,1-2H3. The van der Waals surface area contributed by atoms with Gasteiger partial charge in [0.05, 0.1) is 16.9 Å². The van der Waals surface area contributed by atoms with Crippen LogP contribution in [0.1, 0.15) is 32.4 Å². The van der Waals surface area contributed by atoms with Gasteiger partial charge in [0.1, 0.15) is 5.60 Å². The number of aryl methyl sites for hydroxylation is 1. The van der Waals surface area contributed by atoms with Crippen LogP contribution in [0.15, 0.2) is 6.20 Å². The first-order chi connectivity index (χ1) is 7.03. The Bertz CT molecular complexity index is 322. The minimum Gasteiger partial charge on any atom is -0.384 e. The molecule has 1 atom stereocenters. The van der Waals surface area contributed by atoms with E-state index in [9.17, 15) is 5.11 Å². The zero-order valence-electron chi connectivity index (χ0n) is 9.20. The van der Waals surface area contributed by atoms with Gasteiger partial charge in [-0.05, 0) is 26.3 Å². The van der Waals surface area contributed by atoms with Gasteiger partial charge in [0.15, 0.2) is 0 Å². The van der Waals surface area contributed by atoms with Crippen molar-refractivity contribution < 1.29 is 5.11 Å². The van der Waals surface area contributed by atoms with Crippen molar-refractivity contribution >= 4 is 11.6 Å². The van der Waals surface area contributed by atoms with Crippen LogP contribution >= 0.6 is 11.6 Å². The molecule has 1 rings (SSSR count). The quantitative estimate of drug-likeness (QED) is 0.807. The summed E-state index contributed by atoms with van der Waals surface area (Å²) in [6.45, 7) is 4.94. The topological polar surface area (TPSA) is 64.1 Å². The predicted molar refractivity (Wildman–Crippen MR) is 60.8 cm³/mol. The van der Waals surface area contributed by atoms with Crippen molar-refractivity contribution in [1.82, 2.24) is 9.78 Å². The fourth-order valence-corrected chi connectivity index (χ4v) is 2.02. The lowest BCUT2D eigenvalue weighted by Crippen LogP contribution is -2.29. The smallest absolute Gasteiger partial charge is 0.106 e. The minimum atomic E-state index is -1.00. The lowest BCUT2D eigenvalue weighted by Gasteiger charge is -2.24. The summed E-state index contributed by atoms with van der Waals surface area (Å²) in [4.78, 5) is 0. The van der Waals surface area contributed by atoms with Crippen molar-refractivity contribution in [2.24, 2.45) is 5.73 Å². The highest BCUT2D eigenvalue weighted by Gasteiger charge is 2.29. The number of aliphatic hydroxyl groups is 1. The molecule has 1 unspecified atom stereocenters. The van der Waals surface area contributed by atoms with Gasteiger partial charge in [-0.1, -0.05) is 18.5 Å². The van der Waals surface area contributed by atoms with E-state index in [2.05, 4.69) is 12.0 Å². The number of hydrogen-bond acceptors (Lipinski definition) is 3. The van der Waals surface area contributed by atoms with Crippen molar-refractivity contribution in [3.8, 4) is 0 Å². The molecule has 5 heteroatoms. The first-order valence-electron chi connectivity index (χ1n) is 5.17. The zero-order chi connectivity index (χ0) is 11.5. The van der Waals surface area contributed by atoms with E-state index in [0.29, 0.717) is 23.7 Å². The molecule has 0 spiro atoms. The second-order valence-corrected chi connectivity index (χ2v) is 4.28. The molecule has 4 nitrogen and oxygen atoms in total. The van der Waals surface area contributed by atoms with E-state index in [1.165, 1.54) is 0 Å². The average Bonchev–Trinajstić information content (AvgIpc) is 2.48. The normalized spacial score (nSPS) is 15.3. The number of nitrogens with zero attached hydrogens (tertiary/aromatic N) is 2. The Labute approximate surface area is 95.0 Å². The molecule has 15 heavy (non-hydrogen) atoms. The van der Waals surface area contributed by atoms with Crippen molar-refractivity contribution in [3.05, 3.63) is 16.9 Å². The number of halogens is 1. The summed E-state index contributed by atoms with van der Waals surface area (Å²) < 4.78 is 1.75. The molecule has 0 aliphatic carbocycles. The first kappa shape index (κ1) is 12.5. The molecule has 0 saturated carbocycles. The van der Waals surface area contributed by atoms with E-state index in [0.717, 1.165) is 13.0 Å². The van der Waals surface area contributed by atoms with E-state index < -0.39 is 5.60 Å². The van der Waals surface area contributed by atoms with E-state index in [1.807, 2.05) is 0 Å². The monoisotopic (exact) mass is 231 g/mol. The highest BCUT2D eigenvalue weighted by Crippen LogP contribution is 2.30. The third-order valence-corrected chi connectivity index (χ3v) is 2.65. The number of aromatic nitrogens is 2. The van der Waals surface area contributed by atoms with Gasteiger partial charge in [0.25, 0.3) is 0 Å². The first-order valence-corrected chi connectivity index (χ1v) is 5.55. The third kappa shape index (κ3) is 2.71. The van der Waals surface area contributed by atoms with Crippen LogP contribution in [0.3, 0.4) is 0 Å². The highest BCUT2D eigenvalue weighted by molar-refractivity contribution is 6.31. The van der Waals surface area contributed by atoms with Crippen molar-refractivity contribution in [3.63, 3.8) is 0 Å². The lowest BCUT2D eigenvalue weighted by atomic mass is 9.98. The SMILES string of the molecule is CCCn1ncc(Cl)c1C(C)(O)CCN. The highest BCUT2D eigenvalue weighted by atomic mass is 35.5. The molecule has 86 valence electrons. The van der Waals surface area contributed by atoms with E-state index >= 15 is 0 Å². The molecule has 0 aromatic carbocycles. The van der Waals surface area contributed by atoms with Crippen LogP contribution in [0.25, 0.3) is 0 Å². The zero-order valence-corrected chi connectivity index (χ0v) is 9.96. The molecule has 0 bridgehead atoms. The Morgan fingerprint density at radius 1 is 1.67 bits per heavy atom. The summed E-state index contributed by atoms with van der Waals surface area (Å²) in [6.07, 6.45) is 2.99. The maximum Gasteiger partial charge on any atom is 0.106 e.